The number of aromatic nitrogens is 3. The highest BCUT2D eigenvalue weighted by atomic mass is 32.1. The smallest absolute Gasteiger partial charge is 0.249 e. The molecule has 150 valence electrons. The number of aromatic hydroxyl groups is 1. The number of hydrogen-bond donors (Lipinski definition) is 3. The molecule has 0 saturated carbocycles. The Morgan fingerprint density at radius 3 is 2.47 bits per heavy atom. The summed E-state index contributed by atoms with van der Waals surface area (Å²) in [6.45, 7) is 3.69. The molecule has 0 aliphatic carbocycles. The molecule has 0 atom stereocenters. The number of primary amides is 1. The van der Waals surface area contributed by atoms with Gasteiger partial charge in [-0.2, -0.15) is 0 Å². The standard InChI is InChI=1S/C22H19N5O2S/c1-12-9-19(25-13(2)24-12)18-10-15(5-8-17(18)21(23)29)26-22-27-20(11-30-22)14-3-6-16(28)7-4-14/h3-11,28H,1-2H3,(H2,23,29)(H,26,27). The average molecular weight is 417 g/mol. The van der Waals surface area contributed by atoms with Crippen molar-refractivity contribution in [3.8, 4) is 28.3 Å². The first-order valence-electron chi connectivity index (χ1n) is 9.17. The number of nitrogens with two attached hydrogens (primary N) is 1. The van der Waals surface area contributed by atoms with Crippen LogP contribution in [-0.4, -0.2) is 26.0 Å². The summed E-state index contributed by atoms with van der Waals surface area (Å²) in [6.07, 6.45) is 0. The van der Waals surface area contributed by atoms with E-state index < -0.39 is 5.91 Å². The third kappa shape index (κ3) is 4.13. The van der Waals surface area contributed by atoms with Gasteiger partial charge in [0.1, 0.15) is 11.6 Å². The number of carbonyl (C=O) groups excluding carboxylic acids is 1. The van der Waals surface area contributed by atoms with Crippen LogP contribution in [0.5, 0.6) is 5.75 Å². The lowest BCUT2D eigenvalue weighted by molar-refractivity contribution is 0.100. The van der Waals surface area contributed by atoms with Gasteiger partial charge < -0.3 is 16.2 Å². The van der Waals surface area contributed by atoms with Crippen molar-refractivity contribution in [3.63, 3.8) is 0 Å². The second-order valence-electron chi connectivity index (χ2n) is 6.78. The van der Waals surface area contributed by atoms with Crippen molar-refractivity contribution in [3.05, 3.63) is 71.0 Å². The van der Waals surface area contributed by atoms with Gasteiger partial charge in [-0.15, -0.1) is 11.3 Å². The van der Waals surface area contributed by atoms with E-state index in [2.05, 4.69) is 20.3 Å². The molecule has 2 heterocycles. The quantitative estimate of drug-likeness (QED) is 0.442. The lowest BCUT2D eigenvalue weighted by atomic mass is 10.0. The van der Waals surface area contributed by atoms with Gasteiger partial charge in [-0.3, -0.25) is 4.79 Å². The van der Waals surface area contributed by atoms with Gasteiger partial charge in [0.05, 0.1) is 11.4 Å². The summed E-state index contributed by atoms with van der Waals surface area (Å²) in [5, 5.41) is 15.4. The SMILES string of the molecule is Cc1cc(-c2cc(Nc3nc(-c4ccc(O)cc4)cs3)ccc2C(N)=O)nc(C)n1. The van der Waals surface area contributed by atoms with Crippen LogP contribution in [-0.2, 0) is 0 Å². The number of rotatable bonds is 5. The van der Waals surface area contributed by atoms with Crippen molar-refractivity contribution in [2.24, 2.45) is 5.73 Å². The first-order valence-corrected chi connectivity index (χ1v) is 10.1. The molecule has 1 amide bonds. The van der Waals surface area contributed by atoms with Crippen LogP contribution in [0.1, 0.15) is 21.9 Å². The zero-order valence-electron chi connectivity index (χ0n) is 16.4. The Balaban J connectivity index is 1.67. The highest BCUT2D eigenvalue weighted by Gasteiger charge is 2.14. The van der Waals surface area contributed by atoms with E-state index in [1.807, 2.05) is 43.5 Å². The van der Waals surface area contributed by atoms with Gasteiger partial charge in [-0.05, 0) is 62.4 Å². The maximum atomic E-state index is 11.9. The van der Waals surface area contributed by atoms with Crippen LogP contribution in [0, 0.1) is 13.8 Å². The highest BCUT2D eigenvalue weighted by Crippen LogP contribution is 2.31. The minimum absolute atomic E-state index is 0.213. The van der Waals surface area contributed by atoms with Crippen LogP contribution < -0.4 is 11.1 Å². The van der Waals surface area contributed by atoms with Crippen LogP contribution in [0.4, 0.5) is 10.8 Å². The number of phenolic OH excluding ortho intramolecular Hbond substituents is 1. The largest absolute Gasteiger partial charge is 0.508 e. The normalized spacial score (nSPS) is 10.7. The van der Waals surface area contributed by atoms with E-state index in [-0.39, 0.29) is 5.75 Å². The molecule has 4 rings (SSSR count). The van der Waals surface area contributed by atoms with E-state index in [0.29, 0.717) is 27.8 Å². The lowest BCUT2D eigenvalue weighted by Gasteiger charge is -2.11. The van der Waals surface area contributed by atoms with Gasteiger partial charge in [0, 0.05) is 33.5 Å². The predicted molar refractivity (Wildman–Crippen MR) is 118 cm³/mol. The molecule has 4 aromatic rings. The summed E-state index contributed by atoms with van der Waals surface area (Å²) in [6, 6.07) is 14.0. The van der Waals surface area contributed by atoms with Gasteiger partial charge >= 0.3 is 0 Å². The van der Waals surface area contributed by atoms with Gasteiger partial charge in [0.2, 0.25) is 5.91 Å². The number of amides is 1. The molecule has 0 aliphatic rings. The number of benzene rings is 2. The van der Waals surface area contributed by atoms with Gasteiger partial charge in [0.15, 0.2) is 5.13 Å². The van der Waals surface area contributed by atoms with Gasteiger partial charge in [-0.25, -0.2) is 15.0 Å². The fourth-order valence-electron chi connectivity index (χ4n) is 3.12. The summed E-state index contributed by atoms with van der Waals surface area (Å²) in [5.41, 5.74) is 10.5. The van der Waals surface area contributed by atoms with Crippen LogP contribution in [0.3, 0.4) is 0 Å². The number of nitrogens with one attached hydrogen (secondary N) is 1. The van der Waals surface area contributed by atoms with Crippen molar-refractivity contribution in [2.75, 3.05) is 5.32 Å². The Labute approximate surface area is 177 Å². The molecule has 0 aliphatic heterocycles. The van der Waals surface area contributed by atoms with Crippen molar-refractivity contribution < 1.29 is 9.90 Å². The van der Waals surface area contributed by atoms with Crippen LogP contribution >= 0.6 is 11.3 Å². The highest BCUT2D eigenvalue weighted by molar-refractivity contribution is 7.14. The second kappa shape index (κ2) is 7.92. The Morgan fingerprint density at radius 1 is 1.00 bits per heavy atom. The van der Waals surface area contributed by atoms with Crippen LogP contribution in [0.2, 0.25) is 0 Å². The third-order valence-electron chi connectivity index (χ3n) is 4.45. The number of phenols is 1. The molecule has 0 spiro atoms. The average Bonchev–Trinajstić information content (AvgIpc) is 3.16. The Hall–Kier alpha value is -3.78. The minimum atomic E-state index is -0.519. The van der Waals surface area contributed by atoms with Crippen molar-refractivity contribution in [1.29, 1.82) is 0 Å². The monoisotopic (exact) mass is 417 g/mol. The first-order chi connectivity index (χ1) is 14.4. The van der Waals surface area contributed by atoms with Crippen LogP contribution in [0.25, 0.3) is 22.5 Å². The number of aryl methyl sites for hydroxylation is 2. The molecule has 30 heavy (non-hydrogen) atoms. The van der Waals surface area contributed by atoms with Crippen LogP contribution in [0.15, 0.2) is 53.9 Å². The maximum Gasteiger partial charge on any atom is 0.249 e. The van der Waals surface area contributed by atoms with E-state index in [9.17, 15) is 9.90 Å². The van der Waals surface area contributed by atoms with E-state index >= 15 is 0 Å². The predicted octanol–water partition coefficient (Wildman–Crippen LogP) is 4.43. The number of thiazole rings is 1. The molecule has 8 heteroatoms. The zero-order chi connectivity index (χ0) is 21.3. The molecule has 2 aromatic carbocycles. The van der Waals surface area contributed by atoms with Crippen molar-refractivity contribution in [2.45, 2.75) is 13.8 Å². The number of anilines is 2. The maximum absolute atomic E-state index is 11.9. The third-order valence-corrected chi connectivity index (χ3v) is 5.20. The Morgan fingerprint density at radius 2 is 1.77 bits per heavy atom. The number of nitrogens with zero attached hydrogens (tertiary/aromatic N) is 3. The molecule has 2 aromatic heterocycles. The molecular weight excluding hydrogens is 398 g/mol. The van der Waals surface area contributed by atoms with E-state index in [1.165, 1.54) is 11.3 Å². The molecule has 0 unspecified atom stereocenters. The van der Waals surface area contributed by atoms with E-state index in [4.69, 9.17) is 5.73 Å². The topological polar surface area (TPSA) is 114 Å². The molecular formula is C22H19N5O2S. The summed E-state index contributed by atoms with van der Waals surface area (Å²) in [7, 11) is 0. The summed E-state index contributed by atoms with van der Waals surface area (Å²) < 4.78 is 0. The van der Waals surface area contributed by atoms with E-state index in [0.717, 1.165) is 22.6 Å². The first kappa shape index (κ1) is 19.5. The molecule has 0 bridgehead atoms. The Kier molecular flexibility index (Phi) is 5.16. The summed E-state index contributed by atoms with van der Waals surface area (Å²) in [5.74, 6) is 0.316. The van der Waals surface area contributed by atoms with Gasteiger partial charge in [-0.1, -0.05) is 0 Å². The zero-order valence-corrected chi connectivity index (χ0v) is 17.2. The molecule has 0 saturated heterocycles. The summed E-state index contributed by atoms with van der Waals surface area (Å²) in [4.78, 5) is 25.3. The second-order valence-corrected chi connectivity index (χ2v) is 7.63. The molecule has 4 N–H and O–H groups in total. The van der Waals surface area contributed by atoms with E-state index in [1.54, 1.807) is 24.3 Å². The minimum Gasteiger partial charge on any atom is -0.508 e. The lowest BCUT2D eigenvalue weighted by Crippen LogP contribution is -2.13. The molecule has 0 radical (unpaired) electrons. The Bertz CT molecular complexity index is 1210. The fourth-order valence-corrected chi connectivity index (χ4v) is 3.86. The van der Waals surface area contributed by atoms with Crippen molar-refractivity contribution in [1.82, 2.24) is 15.0 Å². The molecule has 0 fully saturated rings. The summed E-state index contributed by atoms with van der Waals surface area (Å²) >= 11 is 1.46. The molecule has 7 nitrogen and oxygen atoms in total. The number of hydrogen-bond acceptors (Lipinski definition) is 7. The fraction of sp³-hybridized carbons (Fsp3) is 0.0909. The van der Waals surface area contributed by atoms with Gasteiger partial charge in [0.25, 0.3) is 0 Å². The van der Waals surface area contributed by atoms with Crippen molar-refractivity contribution >= 4 is 28.1 Å². The number of carbonyl (C=O) groups is 1.